The van der Waals surface area contributed by atoms with Gasteiger partial charge >= 0.3 is 0 Å². The van der Waals surface area contributed by atoms with Crippen LogP contribution in [0.25, 0.3) is 0 Å². The fourth-order valence-corrected chi connectivity index (χ4v) is 4.23. The lowest BCUT2D eigenvalue weighted by Gasteiger charge is -2.11. The van der Waals surface area contributed by atoms with E-state index < -0.39 is 21.6 Å². The highest BCUT2D eigenvalue weighted by Gasteiger charge is 2.28. The number of carbonyl (C=O) groups is 1. The van der Waals surface area contributed by atoms with E-state index in [0.717, 1.165) is 0 Å². The molecule has 2 aromatic rings. The van der Waals surface area contributed by atoms with Crippen LogP contribution < -0.4 is 10.6 Å². The Morgan fingerprint density at radius 3 is 2.80 bits per heavy atom. The SMILES string of the molecule is O=C(NCc1ccccc1F)c1ccnc(NC2CCS(=O)(=O)C2)n1. The van der Waals surface area contributed by atoms with Gasteiger partial charge in [0.05, 0.1) is 11.5 Å². The van der Waals surface area contributed by atoms with Gasteiger partial charge in [-0.3, -0.25) is 4.79 Å². The minimum absolute atomic E-state index is 0.0278. The zero-order valence-electron chi connectivity index (χ0n) is 13.3. The summed E-state index contributed by atoms with van der Waals surface area (Å²) in [6.45, 7) is 0.0408. The predicted molar refractivity (Wildman–Crippen MR) is 90.3 cm³/mol. The van der Waals surface area contributed by atoms with Crippen LogP contribution in [0.2, 0.25) is 0 Å². The number of sulfone groups is 1. The lowest BCUT2D eigenvalue weighted by atomic mass is 10.2. The summed E-state index contributed by atoms with van der Waals surface area (Å²) in [4.78, 5) is 20.3. The third-order valence-corrected chi connectivity index (χ3v) is 5.62. The first kappa shape index (κ1) is 17.3. The van der Waals surface area contributed by atoms with Gasteiger partial charge in [0.15, 0.2) is 9.84 Å². The Bertz CT molecular complexity index is 888. The third kappa shape index (κ3) is 4.50. The number of benzene rings is 1. The fourth-order valence-electron chi connectivity index (χ4n) is 2.55. The fraction of sp³-hybridized carbons (Fsp3) is 0.312. The minimum Gasteiger partial charge on any atom is -0.350 e. The maximum atomic E-state index is 13.6. The van der Waals surface area contributed by atoms with Crippen LogP contribution >= 0.6 is 0 Å². The van der Waals surface area contributed by atoms with Crippen molar-refractivity contribution in [1.82, 2.24) is 15.3 Å². The van der Waals surface area contributed by atoms with Crippen LogP contribution in [-0.4, -0.2) is 41.8 Å². The van der Waals surface area contributed by atoms with Gasteiger partial charge < -0.3 is 10.6 Å². The lowest BCUT2D eigenvalue weighted by molar-refractivity contribution is 0.0945. The van der Waals surface area contributed by atoms with Crippen molar-refractivity contribution in [3.05, 3.63) is 53.6 Å². The molecule has 0 saturated carbocycles. The molecular weight excluding hydrogens is 347 g/mol. The van der Waals surface area contributed by atoms with E-state index in [0.29, 0.717) is 12.0 Å². The maximum absolute atomic E-state index is 13.6. The summed E-state index contributed by atoms with van der Waals surface area (Å²) >= 11 is 0. The highest BCUT2D eigenvalue weighted by Crippen LogP contribution is 2.15. The van der Waals surface area contributed by atoms with E-state index in [1.807, 2.05) is 0 Å². The molecule has 132 valence electrons. The van der Waals surface area contributed by atoms with E-state index in [4.69, 9.17) is 0 Å². The minimum atomic E-state index is -3.02. The Morgan fingerprint density at radius 2 is 2.08 bits per heavy atom. The highest BCUT2D eigenvalue weighted by molar-refractivity contribution is 7.91. The highest BCUT2D eigenvalue weighted by atomic mass is 32.2. The number of hydrogen-bond donors (Lipinski definition) is 2. The Kier molecular flexibility index (Phi) is 4.93. The standard InChI is InChI=1S/C16H17FN4O3S/c17-13-4-2-1-3-11(13)9-19-15(22)14-5-7-18-16(21-14)20-12-6-8-25(23,24)10-12/h1-5,7,12H,6,8-10H2,(H,19,22)(H,18,20,21). The number of halogens is 1. The first-order valence-electron chi connectivity index (χ1n) is 7.74. The molecule has 1 aromatic carbocycles. The second-order valence-corrected chi connectivity index (χ2v) is 8.01. The van der Waals surface area contributed by atoms with E-state index in [-0.39, 0.29) is 35.7 Å². The monoisotopic (exact) mass is 364 g/mol. The summed E-state index contributed by atoms with van der Waals surface area (Å²) in [5.41, 5.74) is 0.495. The van der Waals surface area contributed by atoms with Gasteiger partial charge in [-0.25, -0.2) is 22.8 Å². The Hall–Kier alpha value is -2.55. The lowest BCUT2D eigenvalue weighted by Crippen LogP contribution is -2.26. The number of carbonyl (C=O) groups excluding carboxylic acids is 1. The van der Waals surface area contributed by atoms with Crippen LogP contribution in [0.1, 0.15) is 22.5 Å². The van der Waals surface area contributed by atoms with Gasteiger partial charge in [0.1, 0.15) is 11.5 Å². The second-order valence-electron chi connectivity index (χ2n) is 5.78. The molecule has 1 aliphatic heterocycles. The van der Waals surface area contributed by atoms with E-state index in [9.17, 15) is 17.6 Å². The molecule has 0 aliphatic carbocycles. The summed E-state index contributed by atoms with van der Waals surface area (Å²) in [7, 11) is -3.02. The zero-order chi connectivity index (χ0) is 17.9. The van der Waals surface area contributed by atoms with Gasteiger partial charge in [-0.15, -0.1) is 0 Å². The van der Waals surface area contributed by atoms with Crippen molar-refractivity contribution < 1.29 is 17.6 Å². The topological polar surface area (TPSA) is 101 Å². The molecule has 2 N–H and O–H groups in total. The molecule has 1 fully saturated rings. The summed E-state index contributed by atoms with van der Waals surface area (Å²) in [6, 6.07) is 7.35. The average Bonchev–Trinajstić information content (AvgIpc) is 2.92. The van der Waals surface area contributed by atoms with Crippen molar-refractivity contribution in [2.75, 3.05) is 16.8 Å². The van der Waals surface area contributed by atoms with Crippen molar-refractivity contribution >= 4 is 21.7 Å². The molecule has 0 spiro atoms. The number of hydrogen-bond acceptors (Lipinski definition) is 6. The van der Waals surface area contributed by atoms with E-state index in [2.05, 4.69) is 20.6 Å². The van der Waals surface area contributed by atoms with Gasteiger partial charge in [-0.05, 0) is 18.6 Å². The molecule has 1 amide bonds. The van der Waals surface area contributed by atoms with Crippen LogP contribution in [0.3, 0.4) is 0 Å². The van der Waals surface area contributed by atoms with Gasteiger partial charge in [-0.2, -0.15) is 0 Å². The molecule has 9 heteroatoms. The number of nitrogens with one attached hydrogen (secondary N) is 2. The van der Waals surface area contributed by atoms with Crippen molar-refractivity contribution in [3.8, 4) is 0 Å². The normalized spacial score (nSPS) is 18.7. The zero-order valence-corrected chi connectivity index (χ0v) is 14.1. The predicted octanol–water partition coefficient (Wildman–Crippen LogP) is 1.14. The molecule has 3 rings (SSSR count). The second kappa shape index (κ2) is 7.14. The Balaban J connectivity index is 1.63. The number of nitrogens with zero attached hydrogens (tertiary/aromatic N) is 2. The first-order valence-corrected chi connectivity index (χ1v) is 9.57. The molecule has 0 bridgehead atoms. The molecule has 0 radical (unpaired) electrons. The van der Waals surface area contributed by atoms with Gasteiger partial charge in [0, 0.05) is 24.3 Å². The van der Waals surface area contributed by atoms with E-state index in [1.54, 1.807) is 18.2 Å². The maximum Gasteiger partial charge on any atom is 0.270 e. The van der Waals surface area contributed by atoms with Crippen LogP contribution in [0.4, 0.5) is 10.3 Å². The van der Waals surface area contributed by atoms with Gasteiger partial charge in [0.25, 0.3) is 5.91 Å². The van der Waals surface area contributed by atoms with Gasteiger partial charge in [-0.1, -0.05) is 18.2 Å². The Labute approximate surface area is 144 Å². The smallest absolute Gasteiger partial charge is 0.270 e. The molecule has 1 unspecified atom stereocenters. The number of rotatable bonds is 5. The Morgan fingerprint density at radius 1 is 1.28 bits per heavy atom. The van der Waals surface area contributed by atoms with Crippen LogP contribution in [0.15, 0.2) is 36.5 Å². The summed E-state index contributed by atoms with van der Waals surface area (Å²) in [5, 5.41) is 5.53. The van der Waals surface area contributed by atoms with Crippen LogP contribution in [0, 0.1) is 5.82 Å². The quantitative estimate of drug-likeness (QED) is 0.825. The number of amides is 1. The molecular formula is C16H17FN4O3S. The van der Waals surface area contributed by atoms with Crippen molar-refractivity contribution in [2.45, 2.75) is 19.0 Å². The molecule has 2 heterocycles. The van der Waals surface area contributed by atoms with Crippen molar-refractivity contribution in [2.24, 2.45) is 0 Å². The molecule has 1 atom stereocenters. The summed E-state index contributed by atoms with van der Waals surface area (Å²) < 4.78 is 36.5. The van der Waals surface area contributed by atoms with Crippen molar-refractivity contribution in [3.63, 3.8) is 0 Å². The molecule has 1 aromatic heterocycles. The largest absolute Gasteiger partial charge is 0.350 e. The van der Waals surface area contributed by atoms with Crippen LogP contribution in [0.5, 0.6) is 0 Å². The van der Waals surface area contributed by atoms with Crippen LogP contribution in [-0.2, 0) is 16.4 Å². The number of aromatic nitrogens is 2. The third-order valence-electron chi connectivity index (χ3n) is 3.85. The van der Waals surface area contributed by atoms with Crippen molar-refractivity contribution in [1.29, 1.82) is 0 Å². The molecule has 1 aliphatic rings. The average molecular weight is 364 g/mol. The molecule has 7 nitrogen and oxygen atoms in total. The van der Waals surface area contributed by atoms with E-state index >= 15 is 0 Å². The first-order chi connectivity index (χ1) is 11.9. The van der Waals surface area contributed by atoms with E-state index in [1.165, 1.54) is 18.3 Å². The number of anilines is 1. The molecule has 25 heavy (non-hydrogen) atoms. The summed E-state index contributed by atoms with van der Waals surface area (Å²) in [6.07, 6.45) is 1.90. The summed E-state index contributed by atoms with van der Waals surface area (Å²) in [5.74, 6) is -0.503. The molecule has 1 saturated heterocycles. The van der Waals surface area contributed by atoms with Gasteiger partial charge in [0.2, 0.25) is 5.95 Å².